The number of carbonyl (C=O) groups is 2. The molecule has 1 aromatic rings. The van der Waals surface area contributed by atoms with Crippen LogP contribution < -0.4 is 4.90 Å². The number of piperidine rings is 1. The highest BCUT2D eigenvalue weighted by Crippen LogP contribution is 2.32. The number of ketones is 2. The molecule has 1 aliphatic heterocycles. The minimum Gasteiger partial charge on any atom is -0.361 e. The van der Waals surface area contributed by atoms with Gasteiger partial charge in [-0.25, -0.2) is 0 Å². The lowest BCUT2D eigenvalue weighted by atomic mass is 10.1. The van der Waals surface area contributed by atoms with Crippen LogP contribution in [0.25, 0.3) is 0 Å². The van der Waals surface area contributed by atoms with E-state index in [9.17, 15) is 9.59 Å². The van der Waals surface area contributed by atoms with E-state index in [-0.39, 0.29) is 11.6 Å². The number of anilines is 1. The Bertz CT molecular complexity index is 503. The molecule has 0 aliphatic carbocycles. The number of hydrogen-bond acceptors (Lipinski definition) is 5. The second kappa shape index (κ2) is 4.68. The molecule has 5 heteroatoms. The number of rotatable bonds is 2. The molecule has 0 aromatic carbocycles. The molecule has 0 unspecified atom stereocenters. The summed E-state index contributed by atoms with van der Waals surface area (Å²) in [6.07, 6.45) is 1.05. The highest BCUT2D eigenvalue weighted by Gasteiger charge is 2.22. The van der Waals surface area contributed by atoms with E-state index in [0.29, 0.717) is 36.4 Å². The lowest BCUT2D eigenvalue weighted by Gasteiger charge is -2.26. The smallest absolute Gasteiger partial charge is 0.169 e. The van der Waals surface area contributed by atoms with Crippen molar-refractivity contribution in [1.82, 2.24) is 0 Å². The Morgan fingerprint density at radius 1 is 1.47 bits per heavy atom. The summed E-state index contributed by atoms with van der Waals surface area (Å²) in [5, 5.41) is 9.87. The molecule has 4 nitrogen and oxygen atoms in total. The molecule has 0 saturated carbocycles. The summed E-state index contributed by atoms with van der Waals surface area (Å²) in [5.41, 5.74) is 0.537. The van der Waals surface area contributed by atoms with E-state index in [1.165, 1.54) is 18.3 Å². The average molecular weight is 248 g/mol. The lowest BCUT2D eigenvalue weighted by molar-refractivity contribution is -0.119. The molecule has 0 radical (unpaired) electrons. The van der Waals surface area contributed by atoms with E-state index in [0.717, 1.165) is 5.00 Å². The Morgan fingerprint density at radius 3 is 2.65 bits per heavy atom. The van der Waals surface area contributed by atoms with Gasteiger partial charge < -0.3 is 4.90 Å². The average Bonchev–Trinajstić information content (AvgIpc) is 2.74. The predicted molar refractivity (Wildman–Crippen MR) is 65.5 cm³/mol. The van der Waals surface area contributed by atoms with Crippen LogP contribution in [0.5, 0.6) is 0 Å². The van der Waals surface area contributed by atoms with Crippen molar-refractivity contribution in [2.75, 3.05) is 18.0 Å². The fraction of sp³-hybridized carbons (Fsp3) is 0.417. The van der Waals surface area contributed by atoms with Crippen molar-refractivity contribution in [3.8, 4) is 6.07 Å². The van der Waals surface area contributed by atoms with E-state index in [4.69, 9.17) is 5.26 Å². The monoisotopic (exact) mass is 248 g/mol. The molecule has 17 heavy (non-hydrogen) atoms. The van der Waals surface area contributed by atoms with E-state index in [1.54, 1.807) is 6.07 Å². The SMILES string of the molecule is CC(=O)c1cc(C#N)c(N2CCC(=O)CC2)s1. The quantitative estimate of drug-likeness (QED) is 0.751. The Kier molecular flexibility index (Phi) is 3.25. The highest BCUT2D eigenvalue weighted by atomic mass is 32.1. The molecular formula is C12H12N2O2S. The fourth-order valence-electron chi connectivity index (χ4n) is 1.83. The van der Waals surface area contributed by atoms with Crippen molar-refractivity contribution in [3.05, 3.63) is 16.5 Å². The van der Waals surface area contributed by atoms with Crippen LogP contribution >= 0.6 is 11.3 Å². The van der Waals surface area contributed by atoms with Crippen molar-refractivity contribution in [1.29, 1.82) is 5.26 Å². The molecule has 0 N–H and O–H groups in total. The molecule has 0 atom stereocenters. The van der Waals surface area contributed by atoms with Gasteiger partial charge in [0.15, 0.2) is 5.78 Å². The molecule has 1 fully saturated rings. The first-order valence-electron chi connectivity index (χ1n) is 5.43. The molecule has 88 valence electrons. The number of nitrogens with zero attached hydrogens (tertiary/aromatic N) is 2. The van der Waals surface area contributed by atoms with Crippen molar-refractivity contribution in [2.45, 2.75) is 19.8 Å². The van der Waals surface area contributed by atoms with Crippen LogP contribution in [0.1, 0.15) is 35.0 Å². The van der Waals surface area contributed by atoms with Crippen LogP contribution in [-0.2, 0) is 4.79 Å². The number of Topliss-reactive ketones (excluding diaryl/α,β-unsaturated/α-hetero) is 2. The minimum atomic E-state index is -0.0224. The van der Waals surface area contributed by atoms with Gasteiger partial charge >= 0.3 is 0 Å². The lowest BCUT2D eigenvalue weighted by Crippen LogP contribution is -2.33. The van der Waals surface area contributed by atoms with Gasteiger partial charge in [0.2, 0.25) is 0 Å². The zero-order chi connectivity index (χ0) is 12.4. The van der Waals surface area contributed by atoms with E-state index in [1.807, 2.05) is 4.90 Å². The van der Waals surface area contributed by atoms with Gasteiger partial charge in [-0.05, 0) is 13.0 Å². The Balaban J connectivity index is 2.28. The molecule has 1 aliphatic rings. The van der Waals surface area contributed by atoms with Crippen molar-refractivity contribution < 1.29 is 9.59 Å². The summed E-state index contributed by atoms with van der Waals surface area (Å²) in [5.74, 6) is 0.244. The number of carbonyl (C=O) groups excluding carboxylic acids is 2. The van der Waals surface area contributed by atoms with Crippen molar-refractivity contribution >= 4 is 27.9 Å². The number of hydrogen-bond donors (Lipinski definition) is 0. The topological polar surface area (TPSA) is 61.2 Å². The molecule has 2 heterocycles. The zero-order valence-electron chi connectivity index (χ0n) is 9.52. The second-order valence-corrected chi connectivity index (χ2v) is 5.05. The predicted octanol–water partition coefficient (Wildman–Crippen LogP) is 1.99. The zero-order valence-corrected chi connectivity index (χ0v) is 10.3. The van der Waals surface area contributed by atoms with Gasteiger partial charge in [0.1, 0.15) is 16.9 Å². The Labute approximate surface area is 103 Å². The fourth-order valence-corrected chi connectivity index (χ4v) is 2.88. The molecular weight excluding hydrogens is 236 g/mol. The van der Waals surface area contributed by atoms with E-state index >= 15 is 0 Å². The van der Waals surface area contributed by atoms with Gasteiger partial charge in [0.25, 0.3) is 0 Å². The summed E-state index contributed by atoms with van der Waals surface area (Å²) in [6.45, 7) is 2.78. The largest absolute Gasteiger partial charge is 0.361 e. The molecule has 0 amide bonds. The number of thiophene rings is 1. The Hall–Kier alpha value is -1.67. The van der Waals surface area contributed by atoms with Gasteiger partial charge in [0, 0.05) is 25.9 Å². The van der Waals surface area contributed by atoms with Crippen LogP contribution in [0.15, 0.2) is 6.07 Å². The summed E-state index contributed by atoms with van der Waals surface area (Å²) < 4.78 is 0. The van der Waals surface area contributed by atoms with E-state index < -0.39 is 0 Å². The van der Waals surface area contributed by atoms with Gasteiger partial charge in [0.05, 0.1) is 10.4 Å². The maximum Gasteiger partial charge on any atom is 0.169 e. The van der Waals surface area contributed by atoms with Crippen LogP contribution in [-0.4, -0.2) is 24.7 Å². The maximum atomic E-state index is 11.3. The summed E-state index contributed by atoms with van der Waals surface area (Å²) >= 11 is 1.34. The first-order chi connectivity index (χ1) is 8.11. The van der Waals surface area contributed by atoms with Gasteiger partial charge in [-0.1, -0.05) is 0 Å². The van der Waals surface area contributed by atoms with Gasteiger partial charge in [-0.2, -0.15) is 5.26 Å². The standard InChI is InChI=1S/C12H12N2O2S/c1-8(15)11-6-9(7-13)12(17-11)14-4-2-10(16)3-5-14/h6H,2-5H2,1H3. The summed E-state index contributed by atoms with van der Waals surface area (Å²) in [4.78, 5) is 25.1. The molecule has 1 saturated heterocycles. The summed E-state index contributed by atoms with van der Waals surface area (Å²) in [7, 11) is 0. The molecule has 1 aromatic heterocycles. The third-order valence-electron chi connectivity index (χ3n) is 2.79. The van der Waals surface area contributed by atoms with E-state index in [2.05, 4.69) is 6.07 Å². The highest BCUT2D eigenvalue weighted by molar-refractivity contribution is 7.18. The van der Waals surface area contributed by atoms with Crippen LogP contribution in [0, 0.1) is 11.3 Å². The van der Waals surface area contributed by atoms with Crippen LogP contribution in [0.2, 0.25) is 0 Å². The maximum absolute atomic E-state index is 11.3. The third kappa shape index (κ3) is 2.37. The van der Waals surface area contributed by atoms with Crippen LogP contribution in [0.4, 0.5) is 5.00 Å². The molecule has 0 bridgehead atoms. The second-order valence-electron chi connectivity index (χ2n) is 4.02. The number of nitriles is 1. The van der Waals surface area contributed by atoms with Gasteiger partial charge in [-0.15, -0.1) is 11.3 Å². The van der Waals surface area contributed by atoms with Gasteiger partial charge in [-0.3, -0.25) is 9.59 Å². The Morgan fingerprint density at radius 2 is 2.12 bits per heavy atom. The van der Waals surface area contributed by atoms with Crippen molar-refractivity contribution in [3.63, 3.8) is 0 Å². The molecule has 2 rings (SSSR count). The summed E-state index contributed by atoms with van der Waals surface area (Å²) in [6, 6.07) is 3.75. The third-order valence-corrected chi connectivity index (χ3v) is 4.08. The first-order valence-corrected chi connectivity index (χ1v) is 6.25. The van der Waals surface area contributed by atoms with Crippen LogP contribution in [0.3, 0.4) is 0 Å². The minimum absolute atomic E-state index is 0.0224. The first kappa shape index (κ1) is 11.8. The normalized spacial score (nSPS) is 15.8. The van der Waals surface area contributed by atoms with Crippen molar-refractivity contribution in [2.24, 2.45) is 0 Å². The molecule has 0 spiro atoms.